The standard InChI is InChI=1S/C22H24N2O3/c1-15-10-21(26-2)23-13-20(15)17-11-18-8-9-19(12-17)24(18)22(25)27-14-16-6-4-3-5-7-16/h3-7,10-11,13,18-19H,8-9,12,14H2,1-2H3. The van der Waals surface area contributed by atoms with Crippen molar-refractivity contribution in [3.63, 3.8) is 0 Å². The molecule has 1 aromatic carbocycles. The molecule has 5 heteroatoms. The molecule has 0 aliphatic carbocycles. The lowest BCUT2D eigenvalue weighted by Crippen LogP contribution is -2.43. The molecule has 2 aromatic rings. The second-order valence-corrected chi connectivity index (χ2v) is 7.18. The molecule has 2 atom stereocenters. The topological polar surface area (TPSA) is 51.7 Å². The number of fused-ring (bicyclic) bond motifs is 2. The number of aromatic nitrogens is 1. The zero-order valence-corrected chi connectivity index (χ0v) is 15.7. The van der Waals surface area contributed by atoms with Gasteiger partial charge in [-0.05, 0) is 48.4 Å². The maximum atomic E-state index is 12.7. The second kappa shape index (κ2) is 7.43. The van der Waals surface area contributed by atoms with Gasteiger partial charge in [0.05, 0.1) is 13.2 Å². The van der Waals surface area contributed by atoms with Gasteiger partial charge < -0.3 is 9.47 Å². The predicted octanol–water partition coefficient (Wildman–Crippen LogP) is 4.36. The van der Waals surface area contributed by atoms with E-state index >= 15 is 0 Å². The average molecular weight is 364 g/mol. The molecule has 1 aromatic heterocycles. The van der Waals surface area contributed by atoms with Crippen molar-refractivity contribution in [3.8, 4) is 5.88 Å². The molecule has 2 aliphatic rings. The molecule has 3 heterocycles. The van der Waals surface area contributed by atoms with E-state index in [0.717, 1.165) is 36.0 Å². The van der Waals surface area contributed by atoms with Crippen LogP contribution in [0.3, 0.4) is 0 Å². The van der Waals surface area contributed by atoms with Gasteiger partial charge in [0.1, 0.15) is 6.61 Å². The molecule has 2 aliphatic heterocycles. The summed E-state index contributed by atoms with van der Waals surface area (Å²) in [6.45, 7) is 2.39. The third kappa shape index (κ3) is 3.54. The van der Waals surface area contributed by atoms with Crippen molar-refractivity contribution in [1.29, 1.82) is 0 Å². The van der Waals surface area contributed by atoms with E-state index in [2.05, 4.69) is 18.0 Å². The summed E-state index contributed by atoms with van der Waals surface area (Å²) in [7, 11) is 1.63. The van der Waals surface area contributed by atoms with Crippen LogP contribution in [0, 0.1) is 6.92 Å². The summed E-state index contributed by atoms with van der Waals surface area (Å²) < 4.78 is 10.8. The molecule has 5 nitrogen and oxygen atoms in total. The Bertz CT molecular complexity index is 863. The molecule has 140 valence electrons. The van der Waals surface area contributed by atoms with Gasteiger partial charge in [-0.2, -0.15) is 0 Å². The third-order valence-electron chi connectivity index (χ3n) is 5.45. The smallest absolute Gasteiger partial charge is 0.410 e. The van der Waals surface area contributed by atoms with Crippen molar-refractivity contribution < 1.29 is 14.3 Å². The van der Waals surface area contributed by atoms with Crippen molar-refractivity contribution in [1.82, 2.24) is 9.88 Å². The minimum Gasteiger partial charge on any atom is -0.481 e. The first-order valence-electron chi connectivity index (χ1n) is 9.36. The summed E-state index contributed by atoms with van der Waals surface area (Å²) in [5, 5.41) is 0. The van der Waals surface area contributed by atoms with Gasteiger partial charge >= 0.3 is 6.09 Å². The first-order chi connectivity index (χ1) is 13.2. The highest BCUT2D eigenvalue weighted by Gasteiger charge is 2.40. The molecule has 27 heavy (non-hydrogen) atoms. The summed E-state index contributed by atoms with van der Waals surface area (Å²) in [5.74, 6) is 0.627. The molecule has 4 rings (SSSR count). The molecule has 0 saturated carbocycles. The molecule has 1 amide bonds. The lowest BCUT2D eigenvalue weighted by molar-refractivity contribution is 0.0832. The van der Waals surface area contributed by atoms with Crippen molar-refractivity contribution in [3.05, 3.63) is 65.4 Å². The zero-order chi connectivity index (χ0) is 18.8. The van der Waals surface area contributed by atoms with Crippen molar-refractivity contribution in [2.75, 3.05) is 7.11 Å². The normalized spacial score (nSPS) is 21.0. The molecule has 1 fully saturated rings. The zero-order valence-electron chi connectivity index (χ0n) is 15.7. The van der Waals surface area contributed by atoms with Crippen LogP contribution in [0.5, 0.6) is 5.88 Å². The van der Waals surface area contributed by atoms with Gasteiger partial charge in [0.15, 0.2) is 0 Å². The SMILES string of the molecule is COc1cc(C)c(C2=CC3CCC(C2)N3C(=O)OCc2ccccc2)cn1. The van der Waals surface area contributed by atoms with Crippen LogP contribution in [-0.2, 0) is 11.3 Å². The molecule has 0 radical (unpaired) electrons. The maximum Gasteiger partial charge on any atom is 0.410 e. The molecule has 2 bridgehead atoms. The summed E-state index contributed by atoms with van der Waals surface area (Å²) in [6, 6.07) is 12.0. The lowest BCUT2D eigenvalue weighted by Gasteiger charge is -2.33. The van der Waals surface area contributed by atoms with Crippen LogP contribution >= 0.6 is 0 Å². The summed E-state index contributed by atoms with van der Waals surface area (Å²) >= 11 is 0. The van der Waals surface area contributed by atoms with Crippen molar-refractivity contribution >= 4 is 11.7 Å². The quantitative estimate of drug-likeness (QED) is 0.809. The van der Waals surface area contributed by atoms with Crippen molar-refractivity contribution in [2.45, 2.75) is 44.9 Å². The average Bonchev–Trinajstić information content (AvgIpc) is 2.96. The van der Waals surface area contributed by atoms with E-state index in [1.54, 1.807) is 7.11 Å². The van der Waals surface area contributed by atoms with Gasteiger partial charge in [-0.3, -0.25) is 4.90 Å². The number of aryl methyl sites for hydroxylation is 1. The second-order valence-electron chi connectivity index (χ2n) is 7.18. The van der Waals surface area contributed by atoms with E-state index in [1.807, 2.05) is 47.5 Å². The maximum absolute atomic E-state index is 12.7. The third-order valence-corrected chi connectivity index (χ3v) is 5.45. The number of nitrogens with zero attached hydrogens (tertiary/aromatic N) is 2. The fourth-order valence-corrected chi connectivity index (χ4v) is 4.09. The molecule has 0 N–H and O–H groups in total. The number of ether oxygens (including phenoxy) is 2. The predicted molar refractivity (Wildman–Crippen MR) is 103 cm³/mol. The van der Waals surface area contributed by atoms with Gasteiger partial charge in [0.25, 0.3) is 0 Å². The molecule has 0 spiro atoms. The number of benzene rings is 1. The van der Waals surface area contributed by atoms with Crippen molar-refractivity contribution in [2.24, 2.45) is 0 Å². The molecular formula is C22H24N2O3. The van der Waals surface area contributed by atoms with Gasteiger partial charge in [0, 0.05) is 18.3 Å². The van der Waals surface area contributed by atoms with E-state index in [9.17, 15) is 4.79 Å². The fourth-order valence-electron chi connectivity index (χ4n) is 4.09. The Morgan fingerprint density at radius 3 is 2.78 bits per heavy atom. The molecule has 2 unspecified atom stereocenters. The highest BCUT2D eigenvalue weighted by Crippen LogP contribution is 2.39. The Morgan fingerprint density at radius 2 is 2.07 bits per heavy atom. The Kier molecular flexibility index (Phi) is 4.84. The molecule has 1 saturated heterocycles. The number of rotatable bonds is 4. The molecular weight excluding hydrogens is 340 g/mol. The van der Waals surface area contributed by atoms with Crippen LogP contribution in [0.25, 0.3) is 5.57 Å². The highest BCUT2D eigenvalue weighted by molar-refractivity contribution is 5.75. The Morgan fingerprint density at radius 1 is 1.26 bits per heavy atom. The van der Waals surface area contributed by atoms with Crippen LogP contribution in [-0.4, -0.2) is 35.2 Å². The van der Waals surface area contributed by atoms with E-state index in [-0.39, 0.29) is 18.2 Å². The number of hydrogen-bond donors (Lipinski definition) is 0. The van der Waals surface area contributed by atoms with Gasteiger partial charge in [-0.15, -0.1) is 0 Å². The van der Waals surface area contributed by atoms with Crippen LogP contribution in [0.4, 0.5) is 4.79 Å². The summed E-state index contributed by atoms with van der Waals surface area (Å²) in [6.07, 6.45) is 6.70. The number of pyridine rings is 1. The summed E-state index contributed by atoms with van der Waals surface area (Å²) in [5.41, 5.74) is 4.56. The number of hydrogen-bond acceptors (Lipinski definition) is 4. The van der Waals surface area contributed by atoms with Crippen LogP contribution in [0.15, 0.2) is 48.7 Å². The van der Waals surface area contributed by atoms with Gasteiger partial charge in [0.2, 0.25) is 5.88 Å². The van der Waals surface area contributed by atoms with Crippen LogP contribution in [0.2, 0.25) is 0 Å². The first-order valence-corrected chi connectivity index (χ1v) is 9.36. The Labute approximate surface area is 159 Å². The van der Waals surface area contributed by atoms with Gasteiger partial charge in [-0.25, -0.2) is 9.78 Å². The first kappa shape index (κ1) is 17.6. The summed E-state index contributed by atoms with van der Waals surface area (Å²) in [4.78, 5) is 18.9. The Balaban J connectivity index is 1.48. The van der Waals surface area contributed by atoms with Crippen LogP contribution in [0.1, 0.15) is 36.0 Å². The highest BCUT2D eigenvalue weighted by atomic mass is 16.6. The lowest BCUT2D eigenvalue weighted by atomic mass is 9.93. The fraction of sp³-hybridized carbons (Fsp3) is 0.364. The monoisotopic (exact) mass is 364 g/mol. The minimum atomic E-state index is -0.216. The van der Waals surface area contributed by atoms with E-state index < -0.39 is 0 Å². The van der Waals surface area contributed by atoms with E-state index in [0.29, 0.717) is 12.5 Å². The van der Waals surface area contributed by atoms with E-state index in [4.69, 9.17) is 9.47 Å². The number of methoxy groups -OCH3 is 1. The number of carbonyl (C=O) groups excluding carboxylic acids is 1. The van der Waals surface area contributed by atoms with Crippen LogP contribution < -0.4 is 4.74 Å². The largest absolute Gasteiger partial charge is 0.481 e. The van der Waals surface area contributed by atoms with E-state index in [1.165, 1.54) is 5.57 Å². The minimum absolute atomic E-state index is 0.100. The Hall–Kier alpha value is -2.82. The van der Waals surface area contributed by atoms with Gasteiger partial charge in [-0.1, -0.05) is 36.4 Å². The number of amides is 1. The number of carbonyl (C=O) groups is 1.